The van der Waals surface area contributed by atoms with Gasteiger partial charge in [-0.3, -0.25) is 9.48 Å². The highest BCUT2D eigenvalue weighted by Crippen LogP contribution is 2.23. The van der Waals surface area contributed by atoms with Gasteiger partial charge in [-0.15, -0.1) is 0 Å². The summed E-state index contributed by atoms with van der Waals surface area (Å²) in [5.74, 6) is -4.61. The third kappa shape index (κ3) is 5.02. The molecule has 0 aliphatic carbocycles. The van der Waals surface area contributed by atoms with Gasteiger partial charge in [-0.25, -0.2) is 8.78 Å². The second-order valence-electron chi connectivity index (χ2n) is 5.51. The van der Waals surface area contributed by atoms with Crippen LogP contribution in [0.1, 0.15) is 21.6 Å². The molecule has 1 heterocycles. The number of nitrogens with zero attached hydrogens (tertiary/aromatic N) is 2. The number of hydrogen-bond donors (Lipinski definition) is 1. The lowest BCUT2D eigenvalue weighted by molar-refractivity contribution is -0.168. The van der Waals surface area contributed by atoms with Crippen molar-refractivity contribution in [2.75, 3.05) is 11.9 Å². The molecule has 0 saturated heterocycles. The molecule has 1 aromatic carbocycles. The molecule has 2 rings (SSSR count). The Morgan fingerprint density at radius 2 is 2.12 bits per heavy atom. The van der Waals surface area contributed by atoms with E-state index in [4.69, 9.17) is 0 Å². The number of ether oxygens (including phenoxy) is 1. The standard InChI is InChI=1S/C16H17F4N3O2/c1-10-13(7-23(2)22-10)21-14(24)12-5-3-4-11(6-12)8-25-9-16(19,20)15(17)18/h3-7,15H,8-9H2,1-2H3,(H,21,24). The van der Waals surface area contributed by atoms with Crippen LogP contribution >= 0.6 is 0 Å². The fourth-order valence-corrected chi connectivity index (χ4v) is 2.09. The van der Waals surface area contributed by atoms with E-state index in [-0.39, 0.29) is 12.2 Å². The maximum atomic E-state index is 12.8. The highest BCUT2D eigenvalue weighted by molar-refractivity contribution is 6.04. The van der Waals surface area contributed by atoms with E-state index in [9.17, 15) is 22.4 Å². The monoisotopic (exact) mass is 359 g/mol. The zero-order valence-corrected chi connectivity index (χ0v) is 13.6. The number of rotatable bonds is 7. The SMILES string of the molecule is Cc1nn(C)cc1NC(=O)c1cccc(COCC(F)(F)C(F)F)c1. The molecule has 0 aliphatic rings. The summed E-state index contributed by atoms with van der Waals surface area (Å²) in [5.41, 5.74) is 1.89. The van der Waals surface area contributed by atoms with E-state index in [2.05, 4.69) is 15.2 Å². The summed E-state index contributed by atoms with van der Waals surface area (Å²) in [6, 6.07) is 6.08. The van der Waals surface area contributed by atoms with Crippen LogP contribution in [0.4, 0.5) is 23.2 Å². The number of nitrogens with one attached hydrogen (secondary N) is 1. The third-order valence-electron chi connectivity index (χ3n) is 3.33. The maximum Gasteiger partial charge on any atom is 0.330 e. The molecule has 0 fully saturated rings. The van der Waals surface area contributed by atoms with Gasteiger partial charge >= 0.3 is 12.3 Å². The molecule has 2 aromatic rings. The third-order valence-corrected chi connectivity index (χ3v) is 3.33. The van der Waals surface area contributed by atoms with Gasteiger partial charge in [0.05, 0.1) is 18.0 Å². The predicted octanol–water partition coefficient (Wildman–Crippen LogP) is 3.40. The Balaban J connectivity index is 1.98. The van der Waals surface area contributed by atoms with Crippen LogP contribution in [-0.2, 0) is 18.4 Å². The number of anilines is 1. The van der Waals surface area contributed by atoms with Crippen LogP contribution in [0.2, 0.25) is 0 Å². The Hall–Kier alpha value is -2.42. The zero-order chi connectivity index (χ0) is 18.6. The molecule has 1 amide bonds. The van der Waals surface area contributed by atoms with E-state index in [0.717, 1.165) is 0 Å². The summed E-state index contributed by atoms with van der Waals surface area (Å²) in [6.45, 7) is 0.0361. The molecule has 0 unspecified atom stereocenters. The van der Waals surface area contributed by atoms with Gasteiger partial charge in [0.25, 0.3) is 5.91 Å². The first-order valence-electron chi connectivity index (χ1n) is 7.33. The number of carbonyl (C=O) groups excluding carboxylic acids is 1. The van der Waals surface area contributed by atoms with E-state index < -0.39 is 24.9 Å². The van der Waals surface area contributed by atoms with Crippen LogP contribution in [0.5, 0.6) is 0 Å². The Morgan fingerprint density at radius 3 is 2.72 bits per heavy atom. The highest BCUT2D eigenvalue weighted by atomic mass is 19.3. The van der Waals surface area contributed by atoms with Gasteiger partial charge in [0.2, 0.25) is 0 Å². The zero-order valence-electron chi connectivity index (χ0n) is 13.6. The van der Waals surface area contributed by atoms with Gasteiger partial charge in [-0.1, -0.05) is 12.1 Å². The Labute approximate surface area is 141 Å². The largest absolute Gasteiger partial charge is 0.370 e. The van der Waals surface area contributed by atoms with Crippen molar-refractivity contribution >= 4 is 11.6 Å². The van der Waals surface area contributed by atoms with Crippen LogP contribution in [0.25, 0.3) is 0 Å². The van der Waals surface area contributed by atoms with E-state index in [1.165, 1.54) is 12.1 Å². The fourth-order valence-electron chi connectivity index (χ4n) is 2.09. The second kappa shape index (κ2) is 7.64. The molecule has 0 bridgehead atoms. The van der Waals surface area contributed by atoms with Crippen LogP contribution in [0, 0.1) is 6.92 Å². The lowest BCUT2D eigenvalue weighted by Gasteiger charge is -2.15. The number of carbonyl (C=O) groups is 1. The minimum absolute atomic E-state index is 0.282. The summed E-state index contributed by atoms with van der Waals surface area (Å²) in [7, 11) is 1.72. The molecule has 1 N–H and O–H groups in total. The van der Waals surface area contributed by atoms with Crippen molar-refractivity contribution in [2.45, 2.75) is 25.9 Å². The quantitative estimate of drug-likeness (QED) is 0.771. The second-order valence-corrected chi connectivity index (χ2v) is 5.51. The molecular weight excluding hydrogens is 342 g/mol. The lowest BCUT2D eigenvalue weighted by Crippen LogP contribution is -2.32. The van der Waals surface area contributed by atoms with E-state index in [1.54, 1.807) is 37.0 Å². The molecule has 5 nitrogen and oxygen atoms in total. The van der Waals surface area contributed by atoms with Gasteiger partial charge in [0, 0.05) is 18.8 Å². The summed E-state index contributed by atoms with van der Waals surface area (Å²) in [6.07, 6.45) is -2.14. The number of alkyl halides is 4. The van der Waals surface area contributed by atoms with Crippen molar-refractivity contribution in [1.29, 1.82) is 0 Å². The minimum atomic E-state index is -4.20. The van der Waals surface area contributed by atoms with Crippen molar-refractivity contribution in [3.8, 4) is 0 Å². The van der Waals surface area contributed by atoms with Crippen molar-refractivity contribution in [2.24, 2.45) is 7.05 Å². The first-order valence-corrected chi connectivity index (χ1v) is 7.33. The molecule has 1 aromatic heterocycles. The number of halogens is 4. The molecule has 25 heavy (non-hydrogen) atoms. The van der Waals surface area contributed by atoms with Crippen molar-refractivity contribution in [1.82, 2.24) is 9.78 Å². The Morgan fingerprint density at radius 1 is 1.40 bits per heavy atom. The van der Waals surface area contributed by atoms with Crippen LogP contribution in [0.3, 0.4) is 0 Å². The average molecular weight is 359 g/mol. The molecule has 9 heteroatoms. The first-order chi connectivity index (χ1) is 11.7. The number of benzene rings is 1. The number of hydrogen-bond acceptors (Lipinski definition) is 3. The van der Waals surface area contributed by atoms with Gasteiger partial charge < -0.3 is 10.1 Å². The molecule has 0 radical (unpaired) electrons. The Bertz CT molecular complexity index is 747. The van der Waals surface area contributed by atoms with E-state index >= 15 is 0 Å². The summed E-state index contributed by atoms with van der Waals surface area (Å²) >= 11 is 0. The van der Waals surface area contributed by atoms with Crippen molar-refractivity contribution in [3.05, 3.63) is 47.3 Å². The maximum absolute atomic E-state index is 12.8. The topological polar surface area (TPSA) is 56.2 Å². The molecule has 136 valence electrons. The van der Waals surface area contributed by atoms with Gasteiger partial charge in [-0.2, -0.15) is 13.9 Å². The molecular formula is C16H17F4N3O2. The van der Waals surface area contributed by atoms with Crippen molar-refractivity contribution < 1.29 is 27.1 Å². The van der Waals surface area contributed by atoms with E-state index in [1.807, 2.05) is 0 Å². The van der Waals surface area contributed by atoms with Crippen LogP contribution in [0.15, 0.2) is 30.5 Å². The Kier molecular flexibility index (Phi) is 5.78. The average Bonchev–Trinajstić information content (AvgIpc) is 2.84. The number of aromatic nitrogens is 2. The number of amides is 1. The fraction of sp³-hybridized carbons (Fsp3) is 0.375. The number of aryl methyl sites for hydroxylation is 2. The van der Waals surface area contributed by atoms with Crippen molar-refractivity contribution in [3.63, 3.8) is 0 Å². The van der Waals surface area contributed by atoms with Crippen LogP contribution in [-0.4, -0.2) is 34.6 Å². The smallest absolute Gasteiger partial charge is 0.330 e. The summed E-state index contributed by atoms with van der Waals surface area (Å²) in [5, 5.41) is 6.79. The van der Waals surface area contributed by atoms with E-state index in [0.29, 0.717) is 16.9 Å². The summed E-state index contributed by atoms with van der Waals surface area (Å²) in [4.78, 5) is 12.2. The predicted molar refractivity (Wildman–Crippen MR) is 82.9 cm³/mol. The molecule has 0 atom stereocenters. The van der Waals surface area contributed by atoms with Gasteiger partial charge in [0.1, 0.15) is 6.61 Å². The normalized spacial score (nSPS) is 11.8. The van der Waals surface area contributed by atoms with Gasteiger partial charge in [-0.05, 0) is 24.6 Å². The first kappa shape index (κ1) is 18.9. The minimum Gasteiger partial charge on any atom is -0.370 e. The lowest BCUT2D eigenvalue weighted by atomic mass is 10.1. The molecule has 0 aliphatic heterocycles. The van der Waals surface area contributed by atoms with Gasteiger partial charge in [0.15, 0.2) is 0 Å². The van der Waals surface area contributed by atoms with Crippen LogP contribution < -0.4 is 5.32 Å². The molecule has 0 spiro atoms. The summed E-state index contributed by atoms with van der Waals surface area (Å²) < 4.78 is 55.9. The highest BCUT2D eigenvalue weighted by Gasteiger charge is 2.40. The molecule has 0 saturated carbocycles.